The minimum Gasteiger partial charge on any atom is -0.248 e. The highest BCUT2D eigenvalue weighted by Crippen LogP contribution is 2.12. The molecule has 1 heteroatoms. The lowest BCUT2D eigenvalue weighted by molar-refractivity contribution is 1.37. The van der Waals surface area contributed by atoms with E-state index in [-0.39, 0.29) is 0 Å². The Hall–Kier alpha value is -1.63. The summed E-state index contributed by atoms with van der Waals surface area (Å²) in [5.74, 6) is 0. The van der Waals surface area contributed by atoms with Crippen molar-refractivity contribution in [2.24, 2.45) is 0 Å². The Morgan fingerprint density at radius 2 is 1.92 bits per heavy atom. The minimum atomic E-state index is 1.02. The van der Waals surface area contributed by atoms with Crippen molar-refractivity contribution in [3.63, 3.8) is 0 Å². The van der Waals surface area contributed by atoms with Gasteiger partial charge >= 0.3 is 0 Å². The summed E-state index contributed by atoms with van der Waals surface area (Å²) in [4.78, 5) is 4.48. The molecular weight excluding hydrogens is 158 g/mol. The van der Waals surface area contributed by atoms with Crippen LogP contribution in [-0.2, 0) is 0 Å². The first-order valence-electron chi connectivity index (χ1n) is 4.38. The number of nitrogens with zero attached hydrogens (tertiary/aromatic N) is 1. The number of benzene rings is 1. The molecule has 1 aromatic heterocycles. The van der Waals surface area contributed by atoms with Gasteiger partial charge in [0.05, 0.1) is 11.2 Å². The summed E-state index contributed by atoms with van der Waals surface area (Å²) in [5, 5.41) is 1.19. The minimum absolute atomic E-state index is 1.02. The molecule has 0 unspecified atom stereocenters. The number of fused-ring (bicyclic) bond motifs is 1. The highest BCUT2D eigenvalue weighted by molar-refractivity contribution is 5.79. The van der Waals surface area contributed by atoms with Crippen LogP contribution >= 0.6 is 0 Å². The first-order chi connectivity index (χ1) is 6.40. The van der Waals surface area contributed by atoms with Gasteiger partial charge in [-0.1, -0.05) is 30.3 Å². The van der Waals surface area contributed by atoms with Crippen LogP contribution < -0.4 is 0 Å². The van der Waals surface area contributed by atoms with Crippen LogP contribution in [0.4, 0.5) is 0 Å². The quantitative estimate of drug-likeness (QED) is 0.638. The van der Waals surface area contributed by atoms with Gasteiger partial charge in [0.15, 0.2) is 0 Å². The monoisotopic (exact) mass is 169 g/mol. The maximum absolute atomic E-state index is 4.48. The number of rotatable bonds is 1. The van der Waals surface area contributed by atoms with Crippen LogP contribution in [0.25, 0.3) is 17.0 Å². The molecule has 0 saturated heterocycles. The second-order valence-electron chi connectivity index (χ2n) is 2.93. The third-order valence-electron chi connectivity index (χ3n) is 1.96. The Morgan fingerprint density at radius 1 is 1.08 bits per heavy atom. The van der Waals surface area contributed by atoms with Gasteiger partial charge in [0, 0.05) is 5.39 Å². The van der Waals surface area contributed by atoms with E-state index in [1.54, 1.807) is 0 Å². The van der Waals surface area contributed by atoms with E-state index in [2.05, 4.69) is 17.1 Å². The Kier molecular flexibility index (Phi) is 2.09. The summed E-state index contributed by atoms with van der Waals surface area (Å²) in [6.07, 6.45) is 4.00. The number of aromatic nitrogens is 1. The van der Waals surface area contributed by atoms with Crippen molar-refractivity contribution in [1.29, 1.82) is 0 Å². The van der Waals surface area contributed by atoms with E-state index in [1.165, 1.54) is 5.39 Å². The van der Waals surface area contributed by atoms with Gasteiger partial charge < -0.3 is 0 Å². The molecule has 0 saturated carbocycles. The van der Waals surface area contributed by atoms with Gasteiger partial charge in [-0.25, -0.2) is 4.98 Å². The second kappa shape index (κ2) is 3.40. The first-order valence-corrected chi connectivity index (χ1v) is 4.38. The van der Waals surface area contributed by atoms with Crippen molar-refractivity contribution >= 4 is 17.0 Å². The molecule has 0 N–H and O–H groups in total. The molecule has 1 heterocycles. The summed E-state index contributed by atoms with van der Waals surface area (Å²) in [6, 6.07) is 12.3. The fraction of sp³-hybridized carbons (Fsp3) is 0.0833. The molecule has 13 heavy (non-hydrogen) atoms. The molecule has 0 aliphatic heterocycles. The average Bonchev–Trinajstić information content (AvgIpc) is 2.18. The maximum Gasteiger partial charge on any atom is 0.0709 e. The number of hydrogen-bond acceptors (Lipinski definition) is 1. The van der Waals surface area contributed by atoms with Crippen LogP contribution in [0.5, 0.6) is 0 Å². The van der Waals surface area contributed by atoms with Gasteiger partial charge in [0.2, 0.25) is 0 Å². The Balaban J connectivity index is 2.62. The second-order valence-corrected chi connectivity index (χ2v) is 2.93. The van der Waals surface area contributed by atoms with E-state index in [1.807, 2.05) is 43.3 Å². The molecule has 0 bridgehead atoms. The number of hydrogen-bond donors (Lipinski definition) is 0. The Morgan fingerprint density at radius 3 is 2.77 bits per heavy atom. The van der Waals surface area contributed by atoms with Crippen molar-refractivity contribution in [1.82, 2.24) is 4.98 Å². The standard InChI is InChI=1S/C12H11N/c1-2-5-11-9-8-10-6-3-4-7-12(10)13-11/h2-9H,1H3/b5-2-. The Bertz CT molecular complexity index is 444. The zero-order valence-electron chi connectivity index (χ0n) is 7.57. The summed E-state index contributed by atoms with van der Waals surface area (Å²) in [7, 11) is 0. The summed E-state index contributed by atoms with van der Waals surface area (Å²) >= 11 is 0. The molecule has 0 spiro atoms. The first kappa shape index (κ1) is 7.99. The number of para-hydroxylation sites is 1. The molecule has 1 nitrogen and oxygen atoms in total. The molecule has 1 aromatic carbocycles. The van der Waals surface area contributed by atoms with Crippen molar-refractivity contribution in [3.05, 3.63) is 48.2 Å². The van der Waals surface area contributed by atoms with Crippen molar-refractivity contribution in [2.45, 2.75) is 6.92 Å². The summed E-state index contributed by atoms with van der Waals surface area (Å²) in [6.45, 7) is 2.00. The third kappa shape index (κ3) is 1.59. The van der Waals surface area contributed by atoms with Crippen molar-refractivity contribution < 1.29 is 0 Å². The van der Waals surface area contributed by atoms with Crippen LogP contribution in [-0.4, -0.2) is 4.98 Å². The Labute approximate surface area is 77.7 Å². The lowest BCUT2D eigenvalue weighted by Crippen LogP contribution is -1.81. The molecule has 0 aliphatic rings. The fourth-order valence-corrected chi connectivity index (χ4v) is 1.35. The lowest BCUT2D eigenvalue weighted by Gasteiger charge is -1.97. The van der Waals surface area contributed by atoms with E-state index in [0.717, 1.165) is 11.2 Å². The average molecular weight is 169 g/mol. The molecular formula is C12H11N. The van der Waals surface area contributed by atoms with Crippen LogP contribution in [0.2, 0.25) is 0 Å². The van der Waals surface area contributed by atoms with Crippen LogP contribution in [0, 0.1) is 0 Å². The van der Waals surface area contributed by atoms with Gasteiger partial charge in [-0.3, -0.25) is 0 Å². The van der Waals surface area contributed by atoms with Crippen LogP contribution in [0.15, 0.2) is 42.5 Å². The smallest absolute Gasteiger partial charge is 0.0709 e. The summed E-state index contributed by atoms with van der Waals surface area (Å²) in [5.41, 5.74) is 2.07. The molecule has 0 amide bonds. The molecule has 0 radical (unpaired) electrons. The molecule has 2 rings (SSSR count). The number of pyridine rings is 1. The molecule has 0 fully saturated rings. The van der Waals surface area contributed by atoms with E-state index >= 15 is 0 Å². The van der Waals surface area contributed by atoms with E-state index in [0.29, 0.717) is 0 Å². The predicted octanol–water partition coefficient (Wildman–Crippen LogP) is 3.27. The normalized spacial score (nSPS) is 11.2. The zero-order chi connectivity index (χ0) is 9.10. The molecule has 0 aliphatic carbocycles. The lowest BCUT2D eigenvalue weighted by atomic mass is 10.2. The largest absolute Gasteiger partial charge is 0.248 e. The zero-order valence-corrected chi connectivity index (χ0v) is 7.57. The van der Waals surface area contributed by atoms with Gasteiger partial charge in [-0.15, -0.1) is 0 Å². The van der Waals surface area contributed by atoms with Crippen LogP contribution in [0.1, 0.15) is 12.6 Å². The van der Waals surface area contributed by atoms with Crippen LogP contribution in [0.3, 0.4) is 0 Å². The summed E-state index contributed by atoms with van der Waals surface area (Å²) < 4.78 is 0. The molecule has 0 atom stereocenters. The van der Waals surface area contributed by atoms with Gasteiger partial charge in [0.1, 0.15) is 0 Å². The van der Waals surface area contributed by atoms with Gasteiger partial charge in [0.25, 0.3) is 0 Å². The highest BCUT2D eigenvalue weighted by Gasteiger charge is 1.92. The third-order valence-corrected chi connectivity index (χ3v) is 1.96. The van der Waals surface area contributed by atoms with E-state index < -0.39 is 0 Å². The highest BCUT2D eigenvalue weighted by atomic mass is 14.7. The van der Waals surface area contributed by atoms with Gasteiger partial charge in [-0.05, 0) is 25.1 Å². The SMILES string of the molecule is C/C=C\c1ccc2ccccc2n1. The van der Waals surface area contributed by atoms with Crippen molar-refractivity contribution in [3.8, 4) is 0 Å². The molecule has 64 valence electrons. The maximum atomic E-state index is 4.48. The fourth-order valence-electron chi connectivity index (χ4n) is 1.35. The van der Waals surface area contributed by atoms with Gasteiger partial charge in [-0.2, -0.15) is 0 Å². The van der Waals surface area contributed by atoms with E-state index in [9.17, 15) is 0 Å². The number of allylic oxidation sites excluding steroid dienone is 1. The van der Waals surface area contributed by atoms with E-state index in [4.69, 9.17) is 0 Å². The van der Waals surface area contributed by atoms with Crippen molar-refractivity contribution in [2.75, 3.05) is 0 Å². The topological polar surface area (TPSA) is 12.9 Å². The molecule has 2 aromatic rings. The predicted molar refractivity (Wildman–Crippen MR) is 56.5 cm³/mol.